The normalized spacial score (nSPS) is 18.6. The van der Waals surface area contributed by atoms with Crippen molar-refractivity contribution in [3.05, 3.63) is 59.2 Å². The van der Waals surface area contributed by atoms with Gasteiger partial charge in [-0.3, -0.25) is 4.79 Å². The van der Waals surface area contributed by atoms with Crippen LogP contribution in [0.4, 0.5) is 5.69 Å². The van der Waals surface area contributed by atoms with Gasteiger partial charge in [-0.25, -0.2) is 0 Å². The Morgan fingerprint density at radius 2 is 2.00 bits per heavy atom. The number of benzene rings is 2. The molecule has 2 heterocycles. The molecular formula is C21H24N2O2. The number of carbonyl (C=O) groups excluding carboxylic acids is 1. The Kier molecular flexibility index (Phi) is 4.70. The second-order valence-electron chi connectivity index (χ2n) is 6.99. The molecule has 4 rings (SSSR count). The highest BCUT2D eigenvalue weighted by Crippen LogP contribution is 2.31. The fraction of sp³-hybridized carbons (Fsp3) is 0.381. The van der Waals surface area contributed by atoms with Crippen LogP contribution in [-0.2, 0) is 24.1 Å². The van der Waals surface area contributed by atoms with Gasteiger partial charge in [-0.05, 0) is 55.1 Å². The van der Waals surface area contributed by atoms with E-state index in [-0.39, 0.29) is 5.91 Å². The number of amides is 1. The zero-order chi connectivity index (χ0) is 17.1. The Morgan fingerprint density at radius 3 is 2.80 bits per heavy atom. The highest BCUT2D eigenvalue weighted by molar-refractivity contribution is 5.93. The standard InChI is InChI=1S/C21H24N2O2/c24-21(23-19-2-1-3-20-18(19)9-11-25-20)13-16-6-4-15(5-7-16)12-17-8-10-22-14-17/h1-7,17,22H,8-14H2,(H,23,24). The van der Waals surface area contributed by atoms with Crippen LogP contribution in [0, 0.1) is 5.92 Å². The molecule has 0 bridgehead atoms. The van der Waals surface area contributed by atoms with E-state index in [1.54, 1.807) is 0 Å². The number of anilines is 1. The van der Waals surface area contributed by atoms with E-state index in [0.29, 0.717) is 13.0 Å². The number of hydrogen-bond donors (Lipinski definition) is 2. The number of carbonyl (C=O) groups is 1. The Balaban J connectivity index is 1.35. The number of hydrogen-bond acceptors (Lipinski definition) is 3. The van der Waals surface area contributed by atoms with Crippen molar-refractivity contribution in [2.45, 2.75) is 25.7 Å². The van der Waals surface area contributed by atoms with Crippen molar-refractivity contribution >= 4 is 11.6 Å². The first kappa shape index (κ1) is 16.2. The summed E-state index contributed by atoms with van der Waals surface area (Å²) in [6, 6.07) is 14.3. The minimum Gasteiger partial charge on any atom is -0.493 e. The van der Waals surface area contributed by atoms with Gasteiger partial charge in [0.2, 0.25) is 5.91 Å². The molecule has 2 aliphatic rings. The Hall–Kier alpha value is -2.33. The number of rotatable bonds is 5. The molecule has 1 fully saturated rings. The molecule has 2 aliphatic heterocycles. The van der Waals surface area contributed by atoms with Crippen LogP contribution >= 0.6 is 0 Å². The molecule has 0 aliphatic carbocycles. The highest BCUT2D eigenvalue weighted by Gasteiger charge is 2.17. The molecule has 4 nitrogen and oxygen atoms in total. The molecule has 1 atom stereocenters. The maximum atomic E-state index is 12.4. The van der Waals surface area contributed by atoms with E-state index in [4.69, 9.17) is 4.74 Å². The van der Waals surface area contributed by atoms with E-state index in [0.717, 1.165) is 54.4 Å². The van der Waals surface area contributed by atoms with Crippen molar-refractivity contribution in [2.75, 3.05) is 25.0 Å². The fourth-order valence-corrected chi connectivity index (χ4v) is 3.73. The zero-order valence-electron chi connectivity index (χ0n) is 14.4. The van der Waals surface area contributed by atoms with Gasteiger partial charge in [-0.15, -0.1) is 0 Å². The Bertz CT molecular complexity index is 749. The summed E-state index contributed by atoms with van der Waals surface area (Å²) >= 11 is 0. The lowest BCUT2D eigenvalue weighted by molar-refractivity contribution is -0.115. The third kappa shape index (κ3) is 3.85. The smallest absolute Gasteiger partial charge is 0.228 e. The van der Waals surface area contributed by atoms with Crippen LogP contribution in [0.15, 0.2) is 42.5 Å². The second-order valence-corrected chi connectivity index (χ2v) is 6.99. The van der Waals surface area contributed by atoms with Crippen molar-refractivity contribution in [3.8, 4) is 5.75 Å². The van der Waals surface area contributed by atoms with Crippen molar-refractivity contribution < 1.29 is 9.53 Å². The average molecular weight is 336 g/mol. The predicted molar refractivity (Wildman–Crippen MR) is 99.1 cm³/mol. The van der Waals surface area contributed by atoms with Crippen LogP contribution < -0.4 is 15.4 Å². The van der Waals surface area contributed by atoms with Crippen LogP contribution in [0.25, 0.3) is 0 Å². The lowest BCUT2D eigenvalue weighted by Crippen LogP contribution is -2.15. The first-order chi connectivity index (χ1) is 12.3. The van der Waals surface area contributed by atoms with E-state index in [1.807, 2.05) is 18.2 Å². The molecular weight excluding hydrogens is 312 g/mol. The van der Waals surface area contributed by atoms with Crippen molar-refractivity contribution in [1.82, 2.24) is 5.32 Å². The van der Waals surface area contributed by atoms with E-state index in [1.165, 1.54) is 12.0 Å². The van der Waals surface area contributed by atoms with Gasteiger partial charge < -0.3 is 15.4 Å². The van der Waals surface area contributed by atoms with Crippen LogP contribution in [0.3, 0.4) is 0 Å². The molecule has 130 valence electrons. The number of ether oxygens (including phenoxy) is 1. The van der Waals surface area contributed by atoms with Gasteiger partial charge in [-0.2, -0.15) is 0 Å². The lowest BCUT2D eigenvalue weighted by Gasteiger charge is -2.10. The van der Waals surface area contributed by atoms with Gasteiger partial charge >= 0.3 is 0 Å². The molecule has 0 spiro atoms. The average Bonchev–Trinajstić information content (AvgIpc) is 3.28. The minimum atomic E-state index is 0.0213. The molecule has 1 unspecified atom stereocenters. The summed E-state index contributed by atoms with van der Waals surface area (Å²) in [5, 5.41) is 6.45. The van der Waals surface area contributed by atoms with Crippen LogP contribution in [-0.4, -0.2) is 25.6 Å². The molecule has 2 N–H and O–H groups in total. The maximum Gasteiger partial charge on any atom is 0.228 e. The van der Waals surface area contributed by atoms with Gasteiger partial charge in [0.1, 0.15) is 5.75 Å². The summed E-state index contributed by atoms with van der Waals surface area (Å²) in [6.07, 6.45) is 3.64. The SMILES string of the molecule is O=C(Cc1ccc(CC2CCNC2)cc1)Nc1cccc2c1CCO2. The Labute approximate surface area is 148 Å². The molecule has 4 heteroatoms. The van der Waals surface area contributed by atoms with Gasteiger partial charge in [0.25, 0.3) is 0 Å². The predicted octanol–water partition coefficient (Wildman–Crippen LogP) is 2.95. The molecule has 0 radical (unpaired) electrons. The highest BCUT2D eigenvalue weighted by atomic mass is 16.5. The third-order valence-electron chi connectivity index (χ3n) is 5.09. The van der Waals surface area contributed by atoms with Gasteiger partial charge in [0, 0.05) is 17.7 Å². The van der Waals surface area contributed by atoms with Gasteiger partial charge in [-0.1, -0.05) is 30.3 Å². The molecule has 0 saturated carbocycles. The molecule has 1 saturated heterocycles. The summed E-state index contributed by atoms with van der Waals surface area (Å²) < 4.78 is 5.55. The quantitative estimate of drug-likeness (QED) is 0.883. The molecule has 2 aromatic rings. The summed E-state index contributed by atoms with van der Waals surface area (Å²) in [4.78, 5) is 12.4. The Morgan fingerprint density at radius 1 is 1.16 bits per heavy atom. The fourth-order valence-electron chi connectivity index (χ4n) is 3.73. The lowest BCUT2D eigenvalue weighted by atomic mass is 9.97. The maximum absolute atomic E-state index is 12.4. The van der Waals surface area contributed by atoms with Crippen LogP contribution in [0.1, 0.15) is 23.1 Å². The largest absolute Gasteiger partial charge is 0.493 e. The number of fused-ring (bicyclic) bond motifs is 1. The van der Waals surface area contributed by atoms with Crippen LogP contribution in [0.5, 0.6) is 5.75 Å². The minimum absolute atomic E-state index is 0.0213. The monoisotopic (exact) mass is 336 g/mol. The second kappa shape index (κ2) is 7.28. The summed E-state index contributed by atoms with van der Waals surface area (Å²) in [6.45, 7) is 2.95. The van der Waals surface area contributed by atoms with Crippen LogP contribution in [0.2, 0.25) is 0 Å². The number of nitrogens with one attached hydrogen (secondary N) is 2. The van der Waals surface area contributed by atoms with Gasteiger partial charge in [0.05, 0.1) is 13.0 Å². The van der Waals surface area contributed by atoms with Crippen molar-refractivity contribution in [3.63, 3.8) is 0 Å². The van der Waals surface area contributed by atoms with E-state index in [9.17, 15) is 4.79 Å². The van der Waals surface area contributed by atoms with E-state index >= 15 is 0 Å². The molecule has 0 aromatic heterocycles. The van der Waals surface area contributed by atoms with Crippen molar-refractivity contribution in [2.24, 2.45) is 5.92 Å². The summed E-state index contributed by atoms with van der Waals surface area (Å²) in [5.74, 6) is 1.66. The first-order valence-electron chi connectivity index (χ1n) is 9.11. The third-order valence-corrected chi connectivity index (χ3v) is 5.09. The summed E-state index contributed by atoms with van der Waals surface area (Å²) in [7, 11) is 0. The van der Waals surface area contributed by atoms with E-state index in [2.05, 4.69) is 34.9 Å². The molecule has 2 aromatic carbocycles. The van der Waals surface area contributed by atoms with Gasteiger partial charge in [0.15, 0.2) is 0 Å². The first-order valence-corrected chi connectivity index (χ1v) is 9.11. The molecule has 1 amide bonds. The van der Waals surface area contributed by atoms with Crippen molar-refractivity contribution in [1.29, 1.82) is 0 Å². The van der Waals surface area contributed by atoms with E-state index < -0.39 is 0 Å². The summed E-state index contributed by atoms with van der Waals surface area (Å²) in [5.41, 5.74) is 4.40. The molecule has 25 heavy (non-hydrogen) atoms. The topological polar surface area (TPSA) is 50.4 Å². The zero-order valence-corrected chi connectivity index (χ0v) is 14.4.